The van der Waals surface area contributed by atoms with E-state index < -0.39 is 0 Å². The van der Waals surface area contributed by atoms with Crippen molar-refractivity contribution in [2.24, 2.45) is 5.92 Å². The summed E-state index contributed by atoms with van der Waals surface area (Å²) in [6.07, 6.45) is 4.33. The number of hydrogen-bond donors (Lipinski definition) is 2. The van der Waals surface area contributed by atoms with Crippen molar-refractivity contribution in [2.75, 3.05) is 31.6 Å². The normalized spacial score (nSPS) is 19.4. The van der Waals surface area contributed by atoms with E-state index >= 15 is 0 Å². The van der Waals surface area contributed by atoms with E-state index in [1.807, 2.05) is 31.4 Å². The number of fused-ring (bicyclic) bond motifs is 1. The van der Waals surface area contributed by atoms with E-state index in [-0.39, 0.29) is 0 Å². The Balaban J connectivity index is 1.94. The third kappa shape index (κ3) is 2.56. The Bertz CT molecular complexity index is 597. The average molecular weight is 271 g/mol. The molecule has 1 aromatic heterocycles. The first-order valence-corrected chi connectivity index (χ1v) is 7.25. The second-order valence-corrected chi connectivity index (χ2v) is 5.55. The van der Waals surface area contributed by atoms with Crippen molar-refractivity contribution in [2.45, 2.75) is 12.8 Å². The summed E-state index contributed by atoms with van der Waals surface area (Å²) in [5.74, 6) is 1.97. The molecule has 2 heterocycles. The monoisotopic (exact) mass is 271 g/mol. The largest absolute Gasteiger partial charge is 0.508 e. The molecule has 0 amide bonds. The molecule has 0 saturated carbocycles. The van der Waals surface area contributed by atoms with Crippen molar-refractivity contribution in [1.29, 1.82) is 0 Å². The zero-order valence-electron chi connectivity index (χ0n) is 11.8. The van der Waals surface area contributed by atoms with Crippen molar-refractivity contribution in [1.82, 2.24) is 10.3 Å². The third-order valence-electron chi connectivity index (χ3n) is 4.04. The fraction of sp³-hybridized carbons (Fsp3) is 0.438. The molecule has 20 heavy (non-hydrogen) atoms. The van der Waals surface area contributed by atoms with Crippen LogP contribution in [0.2, 0.25) is 0 Å². The zero-order chi connectivity index (χ0) is 13.9. The number of rotatable bonds is 3. The summed E-state index contributed by atoms with van der Waals surface area (Å²) in [4.78, 5) is 6.92. The molecule has 2 N–H and O–H groups in total. The summed E-state index contributed by atoms with van der Waals surface area (Å²) in [5.41, 5.74) is 0. The number of aromatic hydroxyl groups is 1. The van der Waals surface area contributed by atoms with Gasteiger partial charge in [-0.1, -0.05) is 6.07 Å². The lowest BCUT2D eigenvalue weighted by Gasteiger charge is -2.34. The zero-order valence-corrected chi connectivity index (χ0v) is 11.8. The molecule has 106 valence electrons. The molecule has 1 unspecified atom stereocenters. The van der Waals surface area contributed by atoms with Crippen LogP contribution in [0, 0.1) is 5.92 Å². The number of nitrogens with one attached hydrogen (secondary N) is 1. The van der Waals surface area contributed by atoms with Gasteiger partial charge in [0.25, 0.3) is 0 Å². The summed E-state index contributed by atoms with van der Waals surface area (Å²) in [6.45, 7) is 3.12. The third-order valence-corrected chi connectivity index (χ3v) is 4.04. The quantitative estimate of drug-likeness (QED) is 0.900. The number of piperidine rings is 1. The number of anilines is 1. The Kier molecular flexibility index (Phi) is 3.74. The summed E-state index contributed by atoms with van der Waals surface area (Å²) in [6, 6.07) is 7.49. The van der Waals surface area contributed by atoms with Crippen LogP contribution >= 0.6 is 0 Å². The fourth-order valence-corrected chi connectivity index (χ4v) is 3.11. The van der Waals surface area contributed by atoms with Crippen LogP contribution in [0.15, 0.2) is 30.5 Å². The number of aromatic nitrogens is 1. The molecule has 1 fully saturated rings. The highest BCUT2D eigenvalue weighted by molar-refractivity contribution is 5.93. The van der Waals surface area contributed by atoms with Crippen LogP contribution in [0.3, 0.4) is 0 Å². The van der Waals surface area contributed by atoms with Gasteiger partial charge in [0.2, 0.25) is 0 Å². The second-order valence-electron chi connectivity index (χ2n) is 5.55. The molecule has 4 heteroatoms. The van der Waals surface area contributed by atoms with Crippen LogP contribution < -0.4 is 10.2 Å². The fourth-order valence-electron chi connectivity index (χ4n) is 3.11. The van der Waals surface area contributed by atoms with Crippen LogP contribution in [0.25, 0.3) is 10.8 Å². The molecule has 1 aliphatic heterocycles. The Morgan fingerprint density at radius 2 is 2.30 bits per heavy atom. The Morgan fingerprint density at radius 1 is 1.40 bits per heavy atom. The molecule has 1 aromatic carbocycles. The molecule has 1 aliphatic rings. The smallest absolute Gasteiger partial charge is 0.136 e. The molecule has 4 nitrogen and oxygen atoms in total. The molecule has 0 aliphatic carbocycles. The Morgan fingerprint density at radius 3 is 3.15 bits per heavy atom. The molecular weight excluding hydrogens is 250 g/mol. The van der Waals surface area contributed by atoms with Gasteiger partial charge in [0.1, 0.15) is 11.6 Å². The van der Waals surface area contributed by atoms with Crippen LogP contribution in [0.5, 0.6) is 5.75 Å². The molecule has 0 radical (unpaired) electrons. The van der Waals surface area contributed by atoms with Gasteiger partial charge in [0.05, 0.1) is 0 Å². The Hall–Kier alpha value is -1.81. The molecule has 1 atom stereocenters. The van der Waals surface area contributed by atoms with Crippen molar-refractivity contribution in [3.05, 3.63) is 30.5 Å². The minimum atomic E-state index is 0.301. The summed E-state index contributed by atoms with van der Waals surface area (Å²) < 4.78 is 0. The maximum absolute atomic E-state index is 9.73. The molecule has 0 spiro atoms. The predicted octanol–water partition coefficient (Wildman–Crippen LogP) is 2.38. The SMILES string of the molecule is CNCC1CCCN(c2nccc3ccc(O)cc23)C1. The van der Waals surface area contributed by atoms with Gasteiger partial charge in [-0.05, 0) is 55.9 Å². The number of hydrogen-bond acceptors (Lipinski definition) is 4. The van der Waals surface area contributed by atoms with Crippen LogP contribution in [0.1, 0.15) is 12.8 Å². The van der Waals surface area contributed by atoms with Crippen molar-refractivity contribution < 1.29 is 5.11 Å². The average Bonchev–Trinajstić information content (AvgIpc) is 2.47. The van der Waals surface area contributed by atoms with E-state index in [0.29, 0.717) is 11.7 Å². The lowest BCUT2D eigenvalue weighted by atomic mass is 9.97. The first-order chi connectivity index (χ1) is 9.78. The highest BCUT2D eigenvalue weighted by Gasteiger charge is 2.21. The standard InChI is InChI=1S/C16H21N3O/c1-17-10-12-3-2-8-19(11-12)16-15-9-14(20)5-4-13(15)6-7-18-16/h4-7,9,12,17,20H,2-3,8,10-11H2,1H3. The topological polar surface area (TPSA) is 48.4 Å². The molecule has 0 bridgehead atoms. The highest BCUT2D eigenvalue weighted by atomic mass is 16.3. The van der Waals surface area contributed by atoms with Gasteiger partial charge in [0, 0.05) is 24.7 Å². The van der Waals surface area contributed by atoms with Gasteiger partial charge in [-0.25, -0.2) is 4.98 Å². The van der Waals surface area contributed by atoms with E-state index in [4.69, 9.17) is 0 Å². The highest BCUT2D eigenvalue weighted by Crippen LogP contribution is 2.30. The van der Waals surface area contributed by atoms with Crippen LogP contribution in [0.4, 0.5) is 5.82 Å². The molecule has 3 rings (SSSR count). The minimum absolute atomic E-state index is 0.301. The first-order valence-electron chi connectivity index (χ1n) is 7.25. The summed E-state index contributed by atoms with van der Waals surface area (Å²) in [5, 5.41) is 15.2. The van der Waals surface area contributed by atoms with Crippen molar-refractivity contribution in [3.63, 3.8) is 0 Å². The van der Waals surface area contributed by atoms with Gasteiger partial charge in [-0.2, -0.15) is 0 Å². The number of phenols is 1. The van der Waals surface area contributed by atoms with Gasteiger partial charge < -0.3 is 15.3 Å². The van der Waals surface area contributed by atoms with Crippen molar-refractivity contribution >= 4 is 16.6 Å². The maximum Gasteiger partial charge on any atom is 0.136 e. The minimum Gasteiger partial charge on any atom is -0.508 e. The number of nitrogens with zero attached hydrogens (tertiary/aromatic N) is 2. The lowest BCUT2D eigenvalue weighted by molar-refractivity contribution is 0.402. The van der Waals surface area contributed by atoms with Crippen LogP contribution in [-0.4, -0.2) is 36.8 Å². The van der Waals surface area contributed by atoms with E-state index in [0.717, 1.165) is 36.2 Å². The first kappa shape index (κ1) is 13.2. The van der Waals surface area contributed by atoms with Gasteiger partial charge in [-0.3, -0.25) is 0 Å². The van der Waals surface area contributed by atoms with E-state index in [1.54, 1.807) is 6.07 Å². The molecular formula is C16H21N3O. The number of pyridine rings is 1. The number of benzene rings is 1. The van der Waals surface area contributed by atoms with Crippen LogP contribution in [-0.2, 0) is 0 Å². The second kappa shape index (κ2) is 5.67. The van der Waals surface area contributed by atoms with E-state index in [1.165, 1.54) is 12.8 Å². The van der Waals surface area contributed by atoms with E-state index in [9.17, 15) is 5.11 Å². The molecule has 1 saturated heterocycles. The van der Waals surface area contributed by atoms with E-state index in [2.05, 4.69) is 15.2 Å². The van der Waals surface area contributed by atoms with Gasteiger partial charge in [0.15, 0.2) is 0 Å². The lowest BCUT2D eigenvalue weighted by Crippen LogP contribution is -2.39. The van der Waals surface area contributed by atoms with Gasteiger partial charge in [-0.15, -0.1) is 0 Å². The van der Waals surface area contributed by atoms with Crippen molar-refractivity contribution in [3.8, 4) is 5.75 Å². The number of phenolic OH excluding ortho intramolecular Hbond substituents is 1. The summed E-state index contributed by atoms with van der Waals surface area (Å²) >= 11 is 0. The molecule has 2 aromatic rings. The van der Waals surface area contributed by atoms with Gasteiger partial charge >= 0.3 is 0 Å². The predicted molar refractivity (Wildman–Crippen MR) is 82.3 cm³/mol. The maximum atomic E-state index is 9.73. The summed E-state index contributed by atoms with van der Waals surface area (Å²) in [7, 11) is 2.01. The Labute approximate surface area is 119 Å².